The van der Waals surface area contributed by atoms with Crippen LogP contribution in [0, 0.1) is 0 Å². The number of rotatable bonds is 1. The van der Waals surface area contributed by atoms with Gasteiger partial charge in [-0.25, -0.2) is 0 Å². The molecule has 0 atom stereocenters. The predicted octanol–water partition coefficient (Wildman–Crippen LogP) is 3.31. The van der Waals surface area contributed by atoms with Gasteiger partial charge in [-0.15, -0.1) is 12.4 Å². The highest BCUT2D eigenvalue weighted by Gasteiger charge is 2.46. The monoisotopic (exact) mass is 364 g/mol. The predicted molar refractivity (Wildman–Crippen MR) is 90.2 cm³/mol. The van der Waals surface area contributed by atoms with Gasteiger partial charge in [-0.3, -0.25) is 4.79 Å². The quantitative estimate of drug-likeness (QED) is 0.765. The lowest BCUT2D eigenvalue weighted by Crippen LogP contribution is -2.54. The van der Waals surface area contributed by atoms with Crippen molar-refractivity contribution >= 4 is 41.5 Å². The van der Waals surface area contributed by atoms with Crippen molar-refractivity contribution in [3.05, 3.63) is 33.8 Å². The molecule has 7 heteroatoms. The first-order valence-electron chi connectivity index (χ1n) is 7.11. The van der Waals surface area contributed by atoms with Crippen LogP contribution in [0.1, 0.15) is 23.2 Å². The highest BCUT2D eigenvalue weighted by molar-refractivity contribution is 6.36. The van der Waals surface area contributed by atoms with Crippen molar-refractivity contribution in [3.8, 4) is 0 Å². The van der Waals surface area contributed by atoms with Crippen LogP contribution < -0.4 is 0 Å². The first-order chi connectivity index (χ1) is 10.0. The highest BCUT2D eigenvalue weighted by Crippen LogP contribution is 2.36. The van der Waals surface area contributed by atoms with E-state index >= 15 is 0 Å². The van der Waals surface area contributed by atoms with E-state index in [0.29, 0.717) is 28.8 Å². The Kier molecular flexibility index (Phi) is 5.62. The standard InChI is InChI=1S/C15H18Cl2N2O2.ClH/c1-18-6-4-15(5-7-18)19(8-9-21-15)14(20)12-3-2-11(16)10-13(12)17;/h2-3,10H,4-9H2,1H3;1H. The van der Waals surface area contributed by atoms with Crippen molar-refractivity contribution in [1.29, 1.82) is 0 Å². The summed E-state index contributed by atoms with van der Waals surface area (Å²) in [7, 11) is 2.09. The van der Waals surface area contributed by atoms with E-state index < -0.39 is 5.72 Å². The number of piperidine rings is 1. The SMILES string of the molecule is CN1CCC2(CC1)OCCN2C(=O)c1ccc(Cl)cc1Cl.Cl. The van der Waals surface area contributed by atoms with Crippen molar-refractivity contribution in [2.45, 2.75) is 18.6 Å². The fraction of sp³-hybridized carbons (Fsp3) is 0.533. The maximum Gasteiger partial charge on any atom is 0.257 e. The third-order valence-corrected chi connectivity index (χ3v) is 4.90. The molecular weight excluding hydrogens is 347 g/mol. The van der Waals surface area contributed by atoms with Gasteiger partial charge in [0.2, 0.25) is 0 Å². The van der Waals surface area contributed by atoms with Crippen molar-refractivity contribution in [2.75, 3.05) is 33.3 Å². The summed E-state index contributed by atoms with van der Waals surface area (Å²) in [5.41, 5.74) is 0.0249. The second kappa shape index (κ2) is 6.93. The van der Waals surface area contributed by atoms with Crippen molar-refractivity contribution in [2.24, 2.45) is 0 Å². The number of benzene rings is 1. The molecule has 2 aliphatic heterocycles. The number of carbonyl (C=O) groups is 1. The normalized spacial score (nSPS) is 21.0. The Bertz CT molecular complexity index is 560. The van der Waals surface area contributed by atoms with E-state index in [4.69, 9.17) is 27.9 Å². The summed E-state index contributed by atoms with van der Waals surface area (Å²) in [6.07, 6.45) is 1.67. The second-order valence-corrected chi connectivity index (χ2v) is 6.52. The smallest absolute Gasteiger partial charge is 0.257 e. The molecule has 0 saturated carbocycles. The van der Waals surface area contributed by atoms with Crippen molar-refractivity contribution < 1.29 is 9.53 Å². The molecule has 1 amide bonds. The average molecular weight is 366 g/mol. The minimum Gasteiger partial charge on any atom is -0.354 e. The van der Waals surface area contributed by atoms with Crippen LogP contribution >= 0.6 is 35.6 Å². The topological polar surface area (TPSA) is 32.8 Å². The molecule has 2 fully saturated rings. The van der Waals surface area contributed by atoms with Crippen LogP contribution in [0.4, 0.5) is 0 Å². The van der Waals surface area contributed by atoms with Crippen LogP contribution in [-0.2, 0) is 4.74 Å². The van der Waals surface area contributed by atoms with E-state index in [1.807, 2.05) is 4.90 Å². The van der Waals surface area contributed by atoms with Gasteiger partial charge in [-0.05, 0) is 25.2 Å². The molecule has 2 saturated heterocycles. The number of hydrogen-bond acceptors (Lipinski definition) is 3. The fourth-order valence-corrected chi connectivity index (χ4v) is 3.58. The van der Waals surface area contributed by atoms with Crippen molar-refractivity contribution in [3.63, 3.8) is 0 Å². The number of halogens is 3. The lowest BCUT2D eigenvalue weighted by molar-refractivity contribution is -0.102. The Morgan fingerprint density at radius 1 is 1.23 bits per heavy atom. The molecule has 0 bridgehead atoms. The molecule has 1 aromatic carbocycles. The molecule has 122 valence electrons. The molecule has 3 rings (SSSR count). The summed E-state index contributed by atoms with van der Waals surface area (Å²) in [5, 5.41) is 0.922. The minimum atomic E-state index is -0.466. The molecule has 0 unspecified atom stereocenters. The van der Waals surface area contributed by atoms with Gasteiger partial charge in [-0.1, -0.05) is 23.2 Å². The molecule has 1 spiro atoms. The average Bonchev–Trinajstić information content (AvgIpc) is 2.85. The van der Waals surface area contributed by atoms with Crippen LogP contribution in [0.25, 0.3) is 0 Å². The second-order valence-electron chi connectivity index (χ2n) is 5.68. The lowest BCUT2D eigenvalue weighted by atomic mass is 9.98. The zero-order valence-corrected chi connectivity index (χ0v) is 14.7. The number of ether oxygens (including phenoxy) is 1. The molecule has 22 heavy (non-hydrogen) atoms. The molecule has 0 radical (unpaired) electrons. The van der Waals surface area contributed by atoms with E-state index in [-0.39, 0.29) is 18.3 Å². The molecule has 0 aromatic heterocycles. The van der Waals surface area contributed by atoms with E-state index in [9.17, 15) is 4.79 Å². The van der Waals surface area contributed by atoms with E-state index in [1.54, 1.807) is 18.2 Å². The van der Waals surface area contributed by atoms with E-state index in [1.165, 1.54) is 0 Å². The van der Waals surface area contributed by atoms with Crippen molar-refractivity contribution in [1.82, 2.24) is 9.80 Å². The molecular formula is C15H19Cl3N2O2. The summed E-state index contributed by atoms with van der Waals surface area (Å²) in [4.78, 5) is 16.9. The molecule has 1 aromatic rings. The zero-order valence-electron chi connectivity index (χ0n) is 12.3. The Morgan fingerprint density at radius 3 is 2.55 bits per heavy atom. The van der Waals surface area contributed by atoms with Gasteiger partial charge in [0, 0.05) is 37.5 Å². The Balaban J connectivity index is 0.00000176. The summed E-state index contributed by atoms with van der Waals surface area (Å²) < 4.78 is 5.96. The molecule has 2 heterocycles. The third-order valence-electron chi connectivity index (χ3n) is 4.35. The number of likely N-dealkylation sites (tertiary alicyclic amines) is 1. The molecule has 2 aliphatic rings. The minimum absolute atomic E-state index is 0. The summed E-state index contributed by atoms with van der Waals surface area (Å²) in [6, 6.07) is 4.99. The summed E-state index contributed by atoms with van der Waals surface area (Å²) in [6.45, 7) is 3.05. The summed E-state index contributed by atoms with van der Waals surface area (Å²) >= 11 is 12.1. The van der Waals surface area contributed by atoms with E-state index in [0.717, 1.165) is 25.9 Å². The van der Waals surface area contributed by atoms with E-state index in [2.05, 4.69) is 11.9 Å². The van der Waals surface area contributed by atoms with Crippen LogP contribution in [0.5, 0.6) is 0 Å². The van der Waals surface area contributed by atoms with Gasteiger partial charge in [-0.2, -0.15) is 0 Å². The van der Waals surface area contributed by atoms with Crippen LogP contribution in [0.3, 0.4) is 0 Å². The number of nitrogens with zero attached hydrogens (tertiary/aromatic N) is 2. The Labute approximate surface area is 146 Å². The fourth-order valence-electron chi connectivity index (χ4n) is 3.09. The van der Waals surface area contributed by atoms with Gasteiger partial charge in [0.15, 0.2) is 0 Å². The van der Waals surface area contributed by atoms with Crippen LogP contribution in [-0.4, -0.2) is 54.7 Å². The van der Waals surface area contributed by atoms with Gasteiger partial charge >= 0.3 is 0 Å². The number of amides is 1. The Morgan fingerprint density at radius 2 is 1.91 bits per heavy atom. The largest absolute Gasteiger partial charge is 0.354 e. The molecule has 0 N–H and O–H groups in total. The van der Waals surface area contributed by atoms with Gasteiger partial charge in [0.05, 0.1) is 17.2 Å². The molecule has 4 nitrogen and oxygen atoms in total. The Hall–Kier alpha value is -0.520. The first-order valence-corrected chi connectivity index (χ1v) is 7.87. The number of hydrogen-bond donors (Lipinski definition) is 0. The lowest BCUT2D eigenvalue weighted by Gasteiger charge is -2.42. The third kappa shape index (κ3) is 3.22. The van der Waals surface area contributed by atoms with Gasteiger partial charge < -0.3 is 14.5 Å². The summed E-state index contributed by atoms with van der Waals surface area (Å²) in [5.74, 6) is -0.0706. The maximum absolute atomic E-state index is 12.8. The van der Waals surface area contributed by atoms with Gasteiger partial charge in [0.25, 0.3) is 5.91 Å². The molecule has 0 aliphatic carbocycles. The first kappa shape index (κ1) is 17.8. The number of carbonyl (C=O) groups excluding carboxylic acids is 1. The van der Waals surface area contributed by atoms with Crippen LogP contribution in [0.15, 0.2) is 18.2 Å². The highest BCUT2D eigenvalue weighted by atomic mass is 35.5. The van der Waals surface area contributed by atoms with Crippen LogP contribution in [0.2, 0.25) is 10.0 Å². The zero-order chi connectivity index (χ0) is 15.0. The van der Waals surface area contributed by atoms with Gasteiger partial charge in [0.1, 0.15) is 5.72 Å². The maximum atomic E-state index is 12.8.